The van der Waals surface area contributed by atoms with E-state index < -0.39 is 0 Å². The zero-order valence-electron chi connectivity index (χ0n) is 5.46. The lowest BCUT2D eigenvalue weighted by Gasteiger charge is -2.00. The fourth-order valence-electron chi connectivity index (χ4n) is 0.742. The molecule has 47 valence electrons. The van der Waals surface area contributed by atoms with Gasteiger partial charge in [-0.1, -0.05) is 30.3 Å². The van der Waals surface area contributed by atoms with E-state index in [0.29, 0.717) is 0 Å². The Labute approximate surface area is 55.5 Å². The van der Waals surface area contributed by atoms with Gasteiger partial charge in [-0.15, -0.1) is 0 Å². The van der Waals surface area contributed by atoms with Crippen LogP contribution >= 0.6 is 0 Å². The first-order chi connectivity index (χ1) is 4.30. The Morgan fingerprint density at radius 2 is 1.78 bits per heavy atom. The van der Waals surface area contributed by atoms with Crippen molar-refractivity contribution >= 4 is 0 Å². The van der Waals surface area contributed by atoms with Gasteiger partial charge in [-0.2, -0.15) is 0 Å². The van der Waals surface area contributed by atoms with Crippen molar-refractivity contribution in [3.8, 4) is 0 Å². The molecule has 0 aliphatic heterocycles. The lowest BCUT2D eigenvalue weighted by Crippen LogP contribution is -1.90. The molecule has 1 aromatic carbocycles. The summed E-state index contributed by atoms with van der Waals surface area (Å²) in [5.74, 6) is 0. The summed E-state index contributed by atoms with van der Waals surface area (Å²) in [5.41, 5.74) is 8.40. The van der Waals surface area contributed by atoms with Gasteiger partial charge < -0.3 is 0 Å². The van der Waals surface area contributed by atoms with Crippen LogP contribution in [0.5, 0.6) is 0 Å². The van der Waals surface area contributed by atoms with Crippen LogP contribution in [0.1, 0.15) is 18.5 Å². The predicted molar refractivity (Wildman–Crippen MR) is 38.0 cm³/mol. The van der Waals surface area contributed by atoms with E-state index in [1.165, 1.54) is 0 Å². The highest BCUT2D eigenvalue weighted by atomic mass is 14.6. The van der Waals surface area contributed by atoms with Gasteiger partial charge >= 0.3 is 0 Å². The molecular weight excluding hydrogens is 110 g/mol. The van der Waals surface area contributed by atoms with Crippen LogP contribution in [0.25, 0.3) is 0 Å². The third-order valence-corrected chi connectivity index (χ3v) is 1.30. The van der Waals surface area contributed by atoms with Gasteiger partial charge in [-0.05, 0) is 12.5 Å². The van der Waals surface area contributed by atoms with Crippen molar-refractivity contribution in [2.24, 2.45) is 0 Å². The number of hydrogen-bond donors (Lipinski definition) is 0. The highest BCUT2D eigenvalue weighted by Crippen LogP contribution is 2.08. The molecule has 1 atom stereocenters. The summed E-state index contributed by atoms with van der Waals surface area (Å²) in [6.07, 6.45) is 0. The summed E-state index contributed by atoms with van der Waals surface area (Å²) < 4.78 is 0. The second-order valence-corrected chi connectivity index (χ2v) is 2.13. The molecule has 1 radical (unpaired) electrons. The van der Waals surface area contributed by atoms with Crippen molar-refractivity contribution < 1.29 is 0 Å². The molecule has 9 heavy (non-hydrogen) atoms. The Balaban J connectivity index is 2.85. The van der Waals surface area contributed by atoms with Gasteiger partial charge in [0.2, 0.25) is 0 Å². The zero-order chi connectivity index (χ0) is 6.69. The molecule has 0 saturated heterocycles. The van der Waals surface area contributed by atoms with E-state index in [1.54, 1.807) is 0 Å². The van der Waals surface area contributed by atoms with Crippen LogP contribution in [-0.4, -0.2) is 0 Å². The normalized spacial score (nSPS) is 13.1. The van der Waals surface area contributed by atoms with Crippen molar-refractivity contribution in [2.45, 2.75) is 13.0 Å². The minimum atomic E-state index is -0.0915. The smallest absolute Gasteiger partial charge is 0.0434 e. The van der Waals surface area contributed by atoms with E-state index in [4.69, 9.17) is 5.73 Å². The standard InChI is InChI=1S/C8H10N/c1-7(9)8-5-3-2-4-6-8/h2-7,9H,1H3. The predicted octanol–water partition coefficient (Wildman–Crippen LogP) is 2.03. The van der Waals surface area contributed by atoms with Crippen LogP contribution in [0.3, 0.4) is 0 Å². The number of rotatable bonds is 1. The summed E-state index contributed by atoms with van der Waals surface area (Å²) >= 11 is 0. The van der Waals surface area contributed by atoms with Gasteiger partial charge in [-0.25, -0.2) is 0 Å². The molecule has 1 heteroatoms. The molecule has 0 fully saturated rings. The first kappa shape index (κ1) is 6.30. The third kappa shape index (κ3) is 1.54. The van der Waals surface area contributed by atoms with E-state index in [2.05, 4.69) is 0 Å². The summed E-state index contributed by atoms with van der Waals surface area (Å²) in [5, 5.41) is 0. The van der Waals surface area contributed by atoms with Crippen LogP contribution in [0, 0.1) is 0 Å². The number of nitrogens with one attached hydrogen (secondary N) is 1. The van der Waals surface area contributed by atoms with Gasteiger partial charge in [0.1, 0.15) is 0 Å². The molecule has 1 aromatic rings. The monoisotopic (exact) mass is 120 g/mol. The molecule has 0 saturated carbocycles. The average Bonchev–Trinajstić information content (AvgIpc) is 1.90. The Morgan fingerprint density at radius 3 is 2.11 bits per heavy atom. The number of hydrogen-bond acceptors (Lipinski definition) is 0. The van der Waals surface area contributed by atoms with E-state index in [-0.39, 0.29) is 6.04 Å². The lowest BCUT2D eigenvalue weighted by molar-refractivity contribution is 0.788. The summed E-state index contributed by atoms with van der Waals surface area (Å²) in [6.45, 7) is 1.87. The Hall–Kier alpha value is -0.820. The van der Waals surface area contributed by atoms with Crippen LogP contribution in [0.15, 0.2) is 30.3 Å². The first-order valence-electron chi connectivity index (χ1n) is 3.07. The van der Waals surface area contributed by atoms with Crippen LogP contribution in [-0.2, 0) is 0 Å². The first-order valence-corrected chi connectivity index (χ1v) is 3.07. The Bertz CT molecular complexity index is 167. The SMILES string of the molecule is CC([NH])c1ccccc1. The van der Waals surface area contributed by atoms with E-state index >= 15 is 0 Å². The Kier molecular flexibility index (Phi) is 1.85. The molecule has 1 N–H and O–H groups in total. The van der Waals surface area contributed by atoms with Gasteiger partial charge in [0.05, 0.1) is 0 Å². The van der Waals surface area contributed by atoms with Crippen LogP contribution in [0.2, 0.25) is 0 Å². The molecule has 0 aliphatic carbocycles. The second-order valence-electron chi connectivity index (χ2n) is 2.13. The summed E-state index contributed by atoms with van der Waals surface area (Å²) in [7, 11) is 0. The van der Waals surface area contributed by atoms with Gasteiger partial charge in [-0.3, -0.25) is 5.73 Å². The molecule has 0 spiro atoms. The fraction of sp³-hybridized carbons (Fsp3) is 0.250. The molecule has 1 nitrogen and oxygen atoms in total. The molecule has 0 aliphatic rings. The van der Waals surface area contributed by atoms with Crippen LogP contribution in [0.4, 0.5) is 0 Å². The summed E-state index contributed by atoms with van der Waals surface area (Å²) in [4.78, 5) is 0. The van der Waals surface area contributed by atoms with Gasteiger partial charge in [0, 0.05) is 6.04 Å². The zero-order valence-corrected chi connectivity index (χ0v) is 5.46. The molecule has 0 heterocycles. The van der Waals surface area contributed by atoms with E-state index in [0.717, 1.165) is 5.56 Å². The van der Waals surface area contributed by atoms with Crippen molar-refractivity contribution in [1.29, 1.82) is 0 Å². The third-order valence-electron chi connectivity index (χ3n) is 1.30. The minimum absolute atomic E-state index is 0.0915. The fourth-order valence-corrected chi connectivity index (χ4v) is 0.742. The molecule has 1 rings (SSSR count). The minimum Gasteiger partial charge on any atom is -0.250 e. The molecular formula is C8H10N. The second kappa shape index (κ2) is 2.65. The quantitative estimate of drug-likeness (QED) is 0.541. The maximum atomic E-state index is 7.32. The average molecular weight is 120 g/mol. The van der Waals surface area contributed by atoms with Gasteiger partial charge in [0.25, 0.3) is 0 Å². The molecule has 1 unspecified atom stereocenters. The van der Waals surface area contributed by atoms with Gasteiger partial charge in [0.15, 0.2) is 0 Å². The highest BCUT2D eigenvalue weighted by Gasteiger charge is 1.94. The largest absolute Gasteiger partial charge is 0.250 e. The Morgan fingerprint density at radius 1 is 1.22 bits per heavy atom. The van der Waals surface area contributed by atoms with E-state index in [9.17, 15) is 0 Å². The van der Waals surface area contributed by atoms with Crippen molar-refractivity contribution in [1.82, 2.24) is 5.73 Å². The molecule has 0 aromatic heterocycles. The van der Waals surface area contributed by atoms with Crippen molar-refractivity contribution in [2.75, 3.05) is 0 Å². The maximum absolute atomic E-state index is 7.32. The highest BCUT2D eigenvalue weighted by molar-refractivity contribution is 5.17. The number of benzene rings is 1. The maximum Gasteiger partial charge on any atom is 0.0434 e. The molecule has 0 bridgehead atoms. The van der Waals surface area contributed by atoms with Crippen LogP contribution < -0.4 is 5.73 Å². The van der Waals surface area contributed by atoms with E-state index in [1.807, 2.05) is 37.3 Å². The van der Waals surface area contributed by atoms with Crippen molar-refractivity contribution in [3.63, 3.8) is 0 Å². The topological polar surface area (TPSA) is 23.8 Å². The molecule has 0 amide bonds. The lowest BCUT2D eigenvalue weighted by atomic mass is 10.1. The van der Waals surface area contributed by atoms with Crippen molar-refractivity contribution in [3.05, 3.63) is 35.9 Å². The summed E-state index contributed by atoms with van der Waals surface area (Å²) in [6, 6.07) is 9.73.